The van der Waals surface area contributed by atoms with Crippen LogP contribution in [-0.2, 0) is 0 Å². The summed E-state index contributed by atoms with van der Waals surface area (Å²) < 4.78 is 0. The van der Waals surface area contributed by atoms with E-state index >= 15 is 0 Å². The van der Waals surface area contributed by atoms with E-state index in [-0.39, 0.29) is 17.9 Å². The van der Waals surface area contributed by atoms with Gasteiger partial charge in [-0.3, -0.25) is 4.79 Å². The van der Waals surface area contributed by atoms with Crippen LogP contribution in [-0.4, -0.2) is 28.9 Å². The van der Waals surface area contributed by atoms with Gasteiger partial charge in [0.1, 0.15) is 10.7 Å². The van der Waals surface area contributed by atoms with Crippen LogP contribution in [0.15, 0.2) is 5.38 Å². The molecule has 0 bridgehead atoms. The predicted octanol–water partition coefficient (Wildman–Crippen LogP) is 1.78. The van der Waals surface area contributed by atoms with Gasteiger partial charge in [-0.1, -0.05) is 0 Å². The molecule has 6 heteroatoms. The number of hydrogen-bond acceptors (Lipinski definition) is 5. The summed E-state index contributed by atoms with van der Waals surface area (Å²) in [5.41, 5.74) is 6.13. The molecular weight excluding hydrogens is 248 g/mol. The van der Waals surface area contributed by atoms with Gasteiger partial charge in [0.25, 0.3) is 5.91 Å². The van der Waals surface area contributed by atoms with Crippen LogP contribution in [0.5, 0.6) is 0 Å². The summed E-state index contributed by atoms with van der Waals surface area (Å²) in [4.78, 5) is 18.0. The number of nitrogens with two attached hydrogens (primary N) is 1. The maximum Gasteiger partial charge on any atom is 0.273 e. The van der Waals surface area contributed by atoms with E-state index in [0.717, 1.165) is 5.01 Å². The number of carbonyl (C=O) groups excluding carboxylic acids is 1. The smallest absolute Gasteiger partial charge is 0.273 e. The van der Waals surface area contributed by atoms with Crippen molar-refractivity contribution in [3.63, 3.8) is 0 Å². The molecule has 0 spiro atoms. The summed E-state index contributed by atoms with van der Waals surface area (Å²) in [6, 6.07) is 1.97. The van der Waals surface area contributed by atoms with Gasteiger partial charge in [0.15, 0.2) is 0 Å². The zero-order chi connectivity index (χ0) is 13.7. The number of nitriles is 1. The highest BCUT2D eigenvalue weighted by Gasteiger charge is 2.19. The quantitative estimate of drug-likeness (QED) is 0.880. The Labute approximate surface area is 111 Å². The van der Waals surface area contributed by atoms with E-state index in [2.05, 4.69) is 11.1 Å². The van der Waals surface area contributed by atoms with Crippen molar-refractivity contribution < 1.29 is 4.79 Å². The third kappa shape index (κ3) is 3.52. The van der Waals surface area contributed by atoms with Gasteiger partial charge in [-0.25, -0.2) is 4.98 Å². The van der Waals surface area contributed by atoms with Gasteiger partial charge in [0, 0.05) is 18.5 Å². The summed E-state index contributed by atoms with van der Waals surface area (Å²) in [6.45, 7) is 6.51. The fourth-order valence-corrected chi connectivity index (χ4v) is 2.24. The molecule has 0 aliphatic rings. The van der Waals surface area contributed by atoms with Crippen LogP contribution >= 0.6 is 11.3 Å². The van der Waals surface area contributed by atoms with E-state index < -0.39 is 0 Å². The Morgan fingerprint density at radius 1 is 1.67 bits per heavy atom. The molecule has 1 aromatic rings. The van der Waals surface area contributed by atoms with Gasteiger partial charge in [0.2, 0.25) is 0 Å². The molecule has 0 saturated heterocycles. The molecule has 1 amide bonds. The molecule has 0 fully saturated rings. The lowest BCUT2D eigenvalue weighted by atomic mass is 10.2. The van der Waals surface area contributed by atoms with Crippen molar-refractivity contribution in [2.45, 2.75) is 26.8 Å². The average molecular weight is 266 g/mol. The maximum atomic E-state index is 12.2. The van der Waals surface area contributed by atoms with Crippen LogP contribution in [0.4, 0.5) is 0 Å². The van der Waals surface area contributed by atoms with Crippen LogP contribution in [0.3, 0.4) is 0 Å². The van der Waals surface area contributed by atoms with Gasteiger partial charge < -0.3 is 10.6 Å². The van der Waals surface area contributed by atoms with Crippen LogP contribution in [0, 0.1) is 17.2 Å². The van der Waals surface area contributed by atoms with Crippen LogP contribution < -0.4 is 5.73 Å². The molecule has 0 aliphatic heterocycles. The molecule has 18 heavy (non-hydrogen) atoms. The molecule has 2 N–H and O–H groups in total. The number of carbonyl (C=O) groups is 1. The second-order valence-corrected chi connectivity index (χ2v) is 5.12. The zero-order valence-corrected chi connectivity index (χ0v) is 11.7. The second-order valence-electron chi connectivity index (χ2n) is 4.23. The topological polar surface area (TPSA) is 83.0 Å². The van der Waals surface area contributed by atoms with Gasteiger partial charge in [-0.15, -0.1) is 11.3 Å². The molecule has 1 rings (SSSR count). The van der Waals surface area contributed by atoms with Gasteiger partial charge in [0.05, 0.1) is 18.0 Å². The lowest BCUT2D eigenvalue weighted by Crippen LogP contribution is -2.34. The molecule has 0 aliphatic carbocycles. The molecule has 98 valence electrons. The summed E-state index contributed by atoms with van der Waals surface area (Å²) >= 11 is 1.39. The van der Waals surface area contributed by atoms with E-state index in [9.17, 15) is 4.79 Å². The first-order valence-electron chi connectivity index (χ1n) is 5.89. The normalized spacial score (nSPS) is 13.7. The first kappa shape index (κ1) is 14.6. The Kier molecular flexibility index (Phi) is 5.25. The Morgan fingerprint density at radius 3 is 2.78 bits per heavy atom. The van der Waals surface area contributed by atoms with Crippen LogP contribution in [0.25, 0.3) is 0 Å². The van der Waals surface area contributed by atoms with E-state index in [1.54, 1.807) is 17.2 Å². The fraction of sp³-hybridized carbons (Fsp3) is 0.583. The molecule has 2 atom stereocenters. The standard InChI is InChI=1S/C12H18N4OS/c1-4-16(6-8(2)5-13)12(17)10-7-18-11(15-10)9(3)14/h7-9H,4,6,14H2,1-3H3. The number of hydrogen-bond donors (Lipinski definition) is 1. The minimum atomic E-state index is -0.180. The maximum absolute atomic E-state index is 12.2. The monoisotopic (exact) mass is 266 g/mol. The molecule has 1 heterocycles. The molecule has 0 saturated carbocycles. The third-order valence-electron chi connectivity index (χ3n) is 2.51. The van der Waals surface area contributed by atoms with Crippen LogP contribution in [0.1, 0.15) is 42.3 Å². The third-order valence-corrected chi connectivity index (χ3v) is 3.56. The number of thiazole rings is 1. The van der Waals surface area contributed by atoms with Gasteiger partial charge in [-0.05, 0) is 20.8 Å². The molecule has 0 aromatic carbocycles. The minimum absolute atomic E-state index is 0.136. The number of nitrogens with zero attached hydrogens (tertiary/aromatic N) is 3. The second kappa shape index (κ2) is 6.47. The van der Waals surface area contributed by atoms with E-state index in [0.29, 0.717) is 18.8 Å². The van der Waals surface area contributed by atoms with Crippen molar-refractivity contribution in [3.05, 3.63) is 16.1 Å². The van der Waals surface area contributed by atoms with Crippen LogP contribution in [0.2, 0.25) is 0 Å². The Hall–Kier alpha value is -1.45. The molecular formula is C12H18N4OS. The van der Waals surface area contributed by atoms with Gasteiger partial charge in [-0.2, -0.15) is 5.26 Å². The van der Waals surface area contributed by atoms with Crippen molar-refractivity contribution in [1.82, 2.24) is 9.88 Å². The van der Waals surface area contributed by atoms with E-state index in [4.69, 9.17) is 11.0 Å². The Balaban J connectivity index is 2.80. The number of aromatic nitrogens is 1. The highest BCUT2D eigenvalue weighted by Crippen LogP contribution is 2.17. The predicted molar refractivity (Wildman–Crippen MR) is 71.1 cm³/mol. The first-order valence-corrected chi connectivity index (χ1v) is 6.77. The van der Waals surface area contributed by atoms with E-state index in [1.165, 1.54) is 11.3 Å². The largest absolute Gasteiger partial charge is 0.336 e. The Morgan fingerprint density at radius 2 is 2.33 bits per heavy atom. The fourth-order valence-electron chi connectivity index (χ4n) is 1.48. The lowest BCUT2D eigenvalue weighted by Gasteiger charge is -2.20. The minimum Gasteiger partial charge on any atom is -0.336 e. The number of amides is 1. The number of rotatable bonds is 5. The summed E-state index contributed by atoms with van der Waals surface area (Å²) in [7, 11) is 0. The summed E-state index contributed by atoms with van der Waals surface area (Å²) in [5, 5.41) is 11.3. The highest BCUT2D eigenvalue weighted by atomic mass is 32.1. The van der Waals surface area contributed by atoms with Crippen molar-refractivity contribution >= 4 is 17.2 Å². The molecule has 0 radical (unpaired) electrons. The zero-order valence-electron chi connectivity index (χ0n) is 10.9. The van der Waals surface area contributed by atoms with Crippen molar-refractivity contribution in [2.75, 3.05) is 13.1 Å². The lowest BCUT2D eigenvalue weighted by molar-refractivity contribution is 0.0747. The van der Waals surface area contributed by atoms with Crippen molar-refractivity contribution in [2.24, 2.45) is 11.7 Å². The Bertz CT molecular complexity index is 449. The van der Waals surface area contributed by atoms with E-state index in [1.807, 2.05) is 13.8 Å². The SMILES string of the molecule is CCN(CC(C)C#N)C(=O)c1csc(C(C)N)n1. The van der Waals surface area contributed by atoms with Crippen molar-refractivity contribution in [3.8, 4) is 6.07 Å². The van der Waals surface area contributed by atoms with Crippen molar-refractivity contribution in [1.29, 1.82) is 5.26 Å². The highest BCUT2D eigenvalue weighted by molar-refractivity contribution is 7.09. The molecule has 2 unspecified atom stereocenters. The summed E-state index contributed by atoms with van der Waals surface area (Å²) in [5.74, 6) is -0.316. The first-order chi connectivity index (χ1) is 8.49. The average Bonchev–Trinajstić information content (AvgIpc) is 2.84. The summed E-state index contributed by atoms with van der Waals surface area (Å²) in [6.07, 6.45) is 0. The molecule has 1 aromatic heterocycles. The molecule has 5 nitrogen and oxygen atoms in total. The van der Waals surface area contributed by atoms with Gasteiger partial charge >= 0.3 is 0 Å².